The molecule has 0 aliphatic heterocycles. The summed E-state index contributed by atoms with van der Waals surface area (Å²) >= 11 is 1.39. The summed E-state index contributed by atoms with van der Waals surface area (Å²) in [5, 5.41) is 4.11. The van der Waals surface area contributed by atoms with Gasteiger partial charge < -0.3 is 11.1 Å². The lowest BCUT2D eigenvalue weighted by Crippen LogP contribution is -2.37. The van der Waals surface area contributed by atoms with Crippen LogP contribution in [0.25, 0.3) is 10.2 Å². The van der Waals surface area contributed by atoms with Crippen molar-refractivity contribution in [3.8, 4) is 0 Å². The summed E-state index contributed by atoms with van der Waals surface area (Å²) in [7, 11) is 0. The Morgan fingerprint density at radius 2 is 2.05 bits per heavy atom. The average Bonchev–Trinajstić information content (AvgIpc) is 3.35. The van der Waals surface area contributed by atoms with Crippen molar-refractivity contribution in [1.29, 1.82) is 0 Å². The molecule has 4 rings (SSSR count). The Kier molecular flexibility index (Phi) is 2.70. The quantitative estimate of drug-likeness (QED) is 0.908. The zero-order chi connectivity index (χ0) is 13.7. The highest BCUT2D eigenvalue weighted by Gasteiger charge is 2.42. The van der Waals surface area contributed by atoms with E-state index in [2.05, 4.69) is 10.3 Å². The van der Waals surface area contributed by atoms with E-state index in [1.54, 1.807) is 6.20 Å². The van der Waals surface area contributed by atoms with Gasteiger partial charge in [-0.15, -0.1) is 11.3 Å². The molecule has 5 heteroatoms. The van der Waals surface area contributed by atoms with Gasteiger partial charge in [-0.2, -0.15) is 0 Å². The number of hydrogen-bond donors (Lipinski definition) is 2. The van der Waals surface area contributed by atoms with Crippen LogP contribution in [0.2, 0.25) is 0 Å². The largest absolute Gasteiger partial charge is 0.397 e. The van der Waals surface area contributed by atoms with Gasteiger partial charge in [0.1, 0.15) is 9.71 Å². The van der Waals surface area contributed by atoms with Crippen molar-refractivity contribution in [3.05, 3.63) is 23.2 Å². The van der Waals surface area contributed by atoms with E-state index in [1.165, 1.54) is 37.0 Å². The van der Waals surface area contributed by atoms with Crippen LogP contribution >= 0.6 is 11.3 Å². The topological polar surface area (TPSA) is 68.0 Å². The molecule has 2 fully saturated rings. The molecule has 2 aromatic rings. The Hall–Kier alpha value is -1.62. The first-order valence-corrected chi connectivity index (χ1v) is 7.99. The molecule has 2 aliphatic carbocycles. The molecular weight excluding hydrogens is 270 g/mol. The summed E-state index contributed by atoms with van der Waals surface area (Å²) in [6.45, 7) is 0. The van der Waals surface area contributed by atoms with Crippen LogP contribution in [-0.4, -0.2) is 16.9 Å². The fraction of sp³-hybridized carbons (Fsp3) is 0.467. The van der Waals surface area contributed by atoms with Crippen LogP contribution in [0.15, 0.2) is 18.3 Å². The van der Waals surface area contributed by atoms with Crippen molar-refractivity contribution in [2.75, 3.05) is 5.73 Å². The van der Waals surface area contributed by atoms with Crippen molar-refractivity contribution in [2.45, 2.75) is 31.7 Å². The predicted octanol–water partition coefficient (Wildman–Crippen LogP) is 2.80. The Bertz CT molecular complexity index is 661. The SMILES string of the molecule is Nc1c(C(=O)NC(C2CC2)C2CC2)sc2ncccc12. The first-order valence-electron chi connectivity index (χ1n) is 7.18. The van der Waals surface area contributed by atoms with Crippen molar-refractivity contribution < 1.29 is 4.79 Å². The van der Waals surface area contributed by atoms with Crippen molar-refractivity contribution in [2.24, 2.45) is 11.8 Å². The highest BCUT2D eigenvalue weighted by Crippen LogP contribution is 2.45. The summed E-state index contributed by atoms with van der Waals surface area (Å²) in [5.74, 6) is 1.37. The standard InChI is InChI=1S/C15H17N3OS/c16-11-10-2-1-7-17-15(10)20-13(11)14(19)18-12(8-3-4-8)9-5-6-9/h1-2,7-9,12H,3-6,16H2,(H,18,19). The fourth-order valence-electron chi connectivity index (χ4n) is 2.87. The monoisotopic (exact) mass is 287 g/mol. The van der Waals surface area contributed by atoms with E-state index in [9.17, 15) is 4.79 Å². The molecule has 0 saturated heterocycles. The van der Waals surface area contributed by atoms with Gasteiger partial charge in [0.25, 0.3) is 5.91 Å². The third-order valence-electron chi connectivity index (χ3n) is 4.27. The molecule has 0 unspecified atom stereocenters. The Morgan fingerprint density at radius 1 is 1.35 bits per heavy atom. The van der Waals surface area contributed by atoms with Gasteiger partial charge >= 0.3 is 0 Å². The lowest BCUT2D eigenvalue weighted by molar-refractivity contribution is 0.0931. The maximum atomic E-state index is 12.5. The summed E-state index contributed by atoms with van der Waals surface area (Å²) in [6, 6.07) is 4.13. The molecular formula is C15H17N3OS. The first-order chi connectivity index (χ1) is 9.74. The smallest absolute Gasteiger partial charge is 0.263 e. The fourth-order valence-corrected chi connectivity index (χ4v) is 3.83. The molecule has 0 aromatic carbocycles. The number of pyridine rings is 1. The number of thiophene rings is 1. The van der Waals surface area contributed by atoms with Crippen LogP contribution in [0.3, 0.4) is 0 Å². The van der Waals surface area contributed by atoms with Gasteiger partial charge in [0.15, 0.2) is 0 Å². The number of carbonyl (C=O) groups excluding carboxylic acids is 1. The van der Waals surface area contributed by atoms with Gasteiger partial charge in [0.05, 0.1) is 5.69 Å². The minimum absolute atomic E-state index is 0.0192. The Morgan fingerprint density at radius 3 is 2.65 bits per heavy atom. The van der Waals surface area contributed by atoms with E-state index in [0.717, 1.165) is 10.2 Å². The first kappa shape index (κ1) is 12.1. The van der Waals surface area contributed by atoms with Gasteiger partial charge in [0.2, 0.25) is 0 Å². The molecule has 0 radical (unpaired) electrons. The molecule has 0 bridgehead atoms. The second kappa shape index (κ2) is 4.45. The van der Waals surface area contributed by atoms with Crippen LogP contribution in [0.5, 0.6) is 0 Å². The zero-order valence-corrected chi connectivity index (χ0v) is 12.0. The number of amides is 1. The highest BCUT2D eigenvalue weighted by molar-refractivity contribution is 7.21. The lowest BCUT2D eigenvalue weighted by Gasteiger charge is -2.17. The van der Waals surface area contributed by atoms with Crippen LogP contribution < -0.4 is 11.1 Å². The molecule has 4 nitrogen and oxygen atoms in total. The maximum absolute atomic E-state index is 12.5. The Balaban J connectivity index is 1.61. The molecule has 1 amide bonds. The molecule has 2 aliphatic rings. The molecule has 0 atom stereocenters. The summed E-state index contributed by atoms with van der Waals surface area (Å²) in [4.78, 5) is 18.2. The van der Waals surface area contributed by atoms with Crippen molar-refractivity contribution in [3.63, 3.8) is 0 Å². The molecule has 0 spiro atoms. The lowest BCUT2D eigenvalue weighted by atomic mass is 10.1. The number of hydrogen-bond acceptors (Lipinski definition) is 4. The van der Waals surface area contributed by atoms with Crippen LogP contribution in [0, 0.1) is 11.8 Å². The second-order valence-corrected chi connectivity index (χ2v) is 6.87. The average molecular weight is 287 g/mol. The second-order valence-electron chi connectivity index (χ2n) is 5.88. The molecule has 2 heterocycles. The number of nitrogen functional groups attached to an aromatic ring is 1. The third kappa shape index (κ3) is 2.06. The normalized spacial score (nSPS) is 18.6. The molecule has 2 saturated carbocycles. The van der Waals surface area contributed by atoms with E-state index in [-0.39, 0.29) is 5.91 Å². The zero-order valence-electron chi connectivity index (χ0n) is 11.1. The van der Waals surface area contributed by atoms with E-state index < -0.39 is 0 Å². The van der Waals surface area contributed by atoms with E-state index in [0.29, 0.717) is 28.4 Å². The number of nitrogens with zero attached hydrogens (tertiary/aromatic N) is 1. The van der Waals surface area contributed by atoms with E-state index in [4.69, 9.17) is 5.73 Å². The van der Waals surface area contributed by atoms with Gasteiger partial charge in [-0.3, -0.25) is 4.79 Å². The van der Waals surface area contributed by atoms with E-state index >= 15 is 0 Å². The van der Waals surface area contributed by atoms with Gasteiger partial charge in [-0.05, 0) is 49.7 Å². The number of nitrogens with one attached hydrogen (secondary N) is 1. The maximum Gasteiger partial charge on any atom is 0.263 e. The molecule has 3 N–H and O–H groups in total. The number of rotatable bonds is 4. The number of fused-ring (bicyclic) bond motifs is 1. The van der Waals surface area contributed by atoms with Crippen LogP contribution in [0.1, 0.15) is 35.4 Å². The van der Waals surface area contributed by atoms with Gasteiger partial charge in [-0.1, -0.05) is 0 Å². The number of aromatic nitrogens is 1. The highest BCUT2D eigenvalue weighted by atomic mass is 32.1. The number of carbonyl (C=O) groups is 1. The third-order valence-corrected chi connectivity index (χ3v) is 5.40. The summed E-state index contributed by atoms with van der Waals surface area (Å²) in [6.07, 6.45) is 6.75. The van der Waals surface area contributed by atoms with Gasteiger partial charge in [-0.25, -0.2) is 4.98 Å². The van der Waals surface area contributed by atoms with Crippen molar-refractivity contribution in [1.82, 2.24) is 10.3 Å². The minimum atomic E-state index is -0.0192. The van der Waals surface area contributed by atoms with Crippen molar-refractivity contribution >= 4 is 33.1 Å². The summed E-state index contributed by atoms with van der Waals surface area (Å²) in [5.41, 5.74) is 6.68. The Labute approximate surface area is 121 Å². The van der Waals surface area contributed by atoms with E-state index in [1.807, 2.05) is 12.1 Å². The number of nitrogens with two attached hydrogens (primary N) is 1. The number of anilines is 1. The molecule has 20 heavy (non-hydrogen) atoms. The molecule has 2 aromatic heterocycles. The van der Waals surface area contributed by atoms with Gasteiger partial charge in [0, 0.05) is 17.6 Å². The summed E-state index contributed by atoms with van der Waals surface area (Å²) < 4.78 is 0. The van der Waals surface area contributed by atoms with Crippen LogP contribution in [-0.2, 0) is 0 Å². The van der Waals surface area contributed by atoms with Crippen LogP contribution in [0.4, 0.5) is 5.69 Å². The predicted molar refractivity (Wildman–Crippen MR) is 80.7 cm³/mol. The molecule has 104 valence electrons. The minimum Gasteiger partial charge on any atom is -0.397 e.